The van der Waals surface area contributed by atoms with E-state index in [4.69, 9.17) is 16.3 Å². The smallest absolute Gasteiger partial charge is 0.321 e. The second-order valence-corrected chi connectivity index (χ2v) is 6.81. The highest BCUT2D eigenvalue weighted by molar-refractivity contribution is 7.89. The van der Waals surface area contributed by atoms with Crippen molar-refractivity contribution in [1.29, 1.82) is 0 Å². The van der Waals surface area contributed by atoms with Crippen molar-refractivity contribution in [3.8, 4) is 5.75 Å². The summed E-state index contributed by atoms with van der Waals surface area (Å²) in [6.07, 6.45) is 0. The molecule has 0 amide bonds. The minimum absolute atomic E-state index is 0.00842. The fourth-order valence-electron chi connectivity index (χ4n) is 1.68. The van der Waals surface area contributed by atoms with Gasteiger partial charge in [0.1, 0.15) is 12.3 Å². The maximum absolute atomic E-state index is 12.6. The van der Waals surface area contributed by atoms with Gasteiger partial charge in [-0.3, -0.25) is 4.79 Å². The first-order chi connectivity index (χ1) is 9.73. The molecule has 1 aromatic rings. The maximum Gasteiger partial charge on any atom is 0.321 e. The van der Waals surface area contributed by atoms with Crippen LogP contribution in [0.4, 0.5) is 0 Å². The molecule has 0 saturated carbocycles. The summed E-state index contributed by atoms with van der Waals surface area (Å²) in [5.41, 5.74) is 0. The van der Waals surface area contributed by atoms with Crippen molar-refractivity contribution >= 4 is 27.6 Å². The number of sulfonamides is 1. The summed E-state index contributed by atoms with van der Waals surface area (Å²) < 4.78 is 35.8. The van der Waals surface area contributed by atoms with Gasteiger partial charge in [-0.05, 0) is 32.0 Å². The predicted octanol–water partition coefficient (Wildman–Crippen LogP) is 1.92. The Labute approximate surface area is 129 Å². The van der Waals surface area contributed by atoms with Gasteiger partial charge in [0.25, 0.3) is 0 Å². The number of hydrogen-bond donors (Lipinski definition) is 0. The van der Waals surface area contributed by atoms with E-state index in [2.05, 4.69) is 4.74 Å². The molecule has 0 saturated heterocycles. The molecule has 0 aliphatic carbocycles. The number of carbonyl (C=O) groups is 1. The Morgan fingerprint density at radius 3 is 2.38 bits per heavy atom. The van der Waals surface area contributed by atoms with Gasteiger partial charge in [0.2, 0.25) is 10.0 Å². The van der Waals surface area contributed by atoms with E-state index in [9.17, 15) is 13.2 Å². The van der Waals surface area contributed by atoms with E-state index in [0.29, 0.717) is 5.75 Å². The van der Waals surface area contributed by atoms with Crippen molar-refractivity contribution in [3.63, 3.8) is 0 Å². The number of rotatable bonds is 6. The zero-order valence-electron chi connectivity index (χ0n) is 12.3. The van der Waals surface area contributed by atoms with Crippen molar-refractivity contribution in [3.05, 3.63) is 23.2 Å². The van der Waals surface area contributed by atoms with E-state index in [1.165, 1.54) is 32.4 Å². The summed E-state index contributed by atoms with van der Waals surface area (Å²) in [4.78, 5) is 11.4. The van der Waals surface area contributed by atoms with Gasteiger partial charge >= 0.3 is 5.97 Å². The van der Waals surface area contributed by atoms with Crippen LogP contribution in [0.1, 0.15) is 13.8 Å². The molecule has 21 heavy (non-hydrogen) atoms. The van der Waals surface area contributed by atoms with Gasteiger partial charge in [-0.15, -0.1) is 0 Å². The van der Waals surface area contributed by atoms with E-state index in [1.807, 2.05) is 0 Å². The molecule has 0 unspecified atom stereocenters. The molecule has 0 N–H and O–H groups in total. The second-order valence-electron chi connectivity index (χ2n) is 4.52. The minimum atomic E-state index is -3.86. The maximum atomic E-state index is 12.6. The van der Waals surface area contributed by atoms with Crippen LogP contribution in [-0.4, -0.2) is 45.5 Å². The van der Waals surface area contributed by atoms with Crippen LogP contribution in [-0.2, 0) is 19.6 Å². The largest absolute Gasteiger partial charge is 0.495 e. The summed E-state index contributed by atoms with van der Waals surface area (Å²) in [7, 11) is -1.22. The second kappa shape index (κ2) is 7.11. The fraction of sp³-hybridized carbons (Fsp3) is 0.462. The minimum Gasteiger partial charge on any atom is -0.495 e. The number of nitrogens with zero attached hydrogens (tertiary/aromatic N) is 1. The highest BCUT2D eigenvalue weighted by Crippen LogP contribution is 2.28. The molecule has 0 fully saturated rings. The average Bonchev–Trinajstić information content (AvgIpc) is 2.43. The first kappa shape index (κ1) is 17.7. The van der Waals surface area contributed by atoms with Gasteiger partial charge in [0.15, 0.2) is 0 Å². The molecular weight excluding hydrogens is 318 g/mol. The predicted molar refractivity (Wildman–Crippen MR) is 79.0 cm³/mol. The van der Waals surface area contributed by atoms with E-state index < -0.39 is 22.0 Å². The quantitative estimate of drug-likeness (QED) is 0.743. The summed E-state index contributed by atoms with van der Waals surface area (Å²) in [6, 6.07) is 3.73. The van der Waals surface area contributed by atoms with E-state index in [-0.39, 0.29) is 16.5 Å². The molecule has 118 valence electrons. The molecular formula is C13H18ClNO5S. The lowest BCUT2D eigenvalue weighted by Crippen LogP contribution is -2.41. The van der Waals surface area contributed by atoms with Crippen molar-refractivity contribution in [1.82, 2.24) is 4.31 Å². The normalized spacial score (nSPS) is 11.8. The third kappa shape index (κ3) is 4.09. The first-order valence-corrected chi connectivity index (χ1v) is 7.98. The Bertz CT molecular complexity index is 615. The Hall–Kier alpha value is -1.31. The molecule has 6 nitrogen and oxygen atoms in total. The van der Waals surface area contributed by atoms with E-state index in [1.54, 1.807) is 13.8 Å². The third-order valence-corrected chi connectivity index (χ3v) is 5.13. The lowest BCUT2D eigenvalue weighted by molar-refractivity contribution is -0.141. The zero-order chi connectivity index (χ0) is 16.2. The van der Waals surface area contributed by atoms with Crippen molar-refractivity contribution in [2.75, 3.05) is 20.8 Å². The van der Waals surface area contributed by atoms with Crippen molar-refractivity contribution in [2.45, 2.75) is 24.8 Å². The molecule has 1 rings (SSSR count). The third-order valence-electron chi connectivity index (χ3n) is 2.82. The van der Waals surface area contributed by atoms with Gasteiger partial charge in [-0.1, -0.05) is 11.6 Å². The van der Waals surface area contributed by atoms with Gasteiger partial charge < -0.3 is 9.47 Å². The monoisotopic (exact) mass is 335 g/mol. The Morgan fingerprint density at radius 2 is 1.95 bits per heavy atom. The number of carbonyl (C=O) groups excluding carboxylic acids is 1. The highest BCUT2D eigenvalue weighted by atomic mass is 35.5. The summed E-state index contributed by atoms with van der Waals surface area (Å²) in [5, 5.41) is 0.181. The lowest BCUT2D eigenvalue weighted by Gasteiger charge is -2.24. The van der Waals surface area contributed by atoms with Crippen LogP contribution < -0.4 is 4.74 Å². The molecule has 8 heteroatoms. The molecule has 0 heterocycles. The summed E-state index contributed by atoms with van der Waals surface area (Å²) in [5.74, 6) is -0.258. The number of halogens is 1. The van der Waals surface area contributed by atoms with Crippen LogP contribution >= 0.6 is 11.6 Å². The average molecular weight is 336 g/mol. The van der Waals surface area contributed by atoms with Crippen molar-refractivity contribution in [2.24, 2.45) is 0 Å². The van der Waals surface area contributed by atoms with Crippen LogP contribution in [0.2, 0.25) is 5.02 Å². The number of hydrogen-bond acceptors (Lipinski definition) is 5. The molecule has 0 aromatic heterocycles. The Morgan fingerprint density at radius 1 is 1.33 bits per heavy atom. The lowest BCUT2D eigenvalue weighted by atomic mass is 10.3. The molecule has 0 atom stereocenters. The standard InChI is InChI=1S/C13H18ClNO5S/c1-9(2)15(8-13(16)20-4)21(17,18)10-5-6-12(19-3)11(14)7-10/h5-7,9H,8H2,1-4H3. The molecule has 1 aromatic carbocycles. The van der Waals surface area contributed by atoms with Crippen LogP contribution in [0, 0.1) is 0 Å². The number of methoxy groups -OCH3 is 2. The number of benzene rings is 1. The number of ether oxygens (including phenoxy) is 2. The number of esters is 1. The van der Waals surface area contributed by atoms with Gasteiger partial charge in [-0.25, -0.2) is 8.42 Å². The van der Waals surface area contributed by atoms with Crippen LogP contribution in [0.3, 0.4) is 0 Å². The van der Waals surface area contributed by atoms with Crippen LogP contribution in [0.15, 0.2) is 23.1 Å². The van der Waals surface area contributed by atoms with Gasteiger partial charge in [0.05, 0.1) is 24.1 Å². The van der Waals surface area contributed by atoms with Crippen LogP contribution in [0.25, 0.3) is 0 Å². The van der Waals surface area contributed by atoms with Gasteiger partial charge in [0, 0.05) is 6.04 Å². The SMILES string of the molecule is COC(=O)CN(C(C)C)S(=O)(=O)c1ccc(OC)c(Cl)c1. The molecule has 0 aliphatic heterocycles. The van der Waals surface area contributed by atoms with E-state index in [0.717, 1.165) is 4.31 Å². The van der Waals surface area contributed by atoms with E-state index >= 15 is 0 Å². The van der Waals surface area contributed by atoms with Crippen molar-refractivity contribution < 1.29 is 22.7 Å². The summed E-state index contributed by atoms with van der Waals surface area (Å²) >= 11 is 5.95. The fourth-order valence-corrected chi connectivity index (χ4v) is 3.61. The van der Waals surface area contributed by atoms with Crippen LogP contribution in [0.5, 0.6) is 5.75 Å². The molecule has 0 bridgehead atoms. The Balaban J connectivity index is 3.23. The van der Waals surface area contributed by atoms with Gasteiger partial charge in [-0.2, -0.15) is 4.31 Å². The summed E-state index contributed by atoms with van der Waals surface area (Å²) in [6.45, 7) is 2.98. The first-order valence-electron chi connectivity index (χ1n) is 6.16. The zero-order valence-corrected chi connectivity index (χ0v) is 13.9. The topological polar surface area (TPSA) is 72.9 Å². The Kier molecular flexibility index (Phi) is 6.00. The highest BCUT2D eigenvalue weighted by Gasteiger charge is 2.29. The molecule has 0 spiro atoms. The molecule has 0 radical (unpaired) electrons. The molecule has 0 aliphatic rings.